The molecule has 1 aliphatic carbocycles. The lowest BCUT2D eigenvalue weighted by Gasteiger charge is -2.19. The summed E-state index contributed by atoms with van der Waals surface area (Å²) in [6.07, 6.45) is 1.01. The van der Waals surface area contributed by atoms with Crippen LogP contribution in [-0.4, -0.2) is 31.3 Å². The molecule has 3 rings (SSSR count). The Morgan fingerprint density at radius 1 is 1.33 bits per heavy atom. The number of hydrogen-bond donors (Lipinski definition) is 1. The maximum absolute atomic E-state index is 11.2. The zero-order chi connectivity index (χ0) is 15.0. The SMILES string of the molecule is CC(C)(Cn1nnnc1C1CC1c1ccccc1)C(=O)O. The molecule has 6 nitrogen and oxygen atoms in total. The van der Waals surface area contributed by atoms with Crippen molar-refractivity contribution in [2.24, 2.45) is 5.41 Å². The first-order valence-electron chi connectivity index (χ1n) is 7.03. The topological polar surface area (TPSA) is 80.9 Å². The van der Waals surface area contributed by atoms with E-state index in [4.69, 9.17) is 0 Å². The van der Waals surface area contributed by atoms with Gasteiger partial charge in [0.05, 0.1) is 12.0 Å². The first kappa shape index (κ1) is 13.7. The van der Waals surface area contributed by atoms with Gasteiger partial charge in [-0.05, 0) is 42.2 Å². The first-order chi connectivity index (χ1) is 9.99. The predicted octanol–water partition coefficient (Wildman–Crippen LogP) is 2.05. The van der Waals surface area contributed by atoms with E-state index in [0.29, 0.717) is 5.92 Å². The minimum absolute atomic E-state index is 0.280. The summed E-state index contributed by atoms with van der Waals surface area (Å²) in [7, 11) is 0. The van der Waals surface area contributed by atoms with Gasteiger partial charge in [0, 0.05) is 5.92 Å². The smallest absolute Gasteiger partial charge is 0.310 e. The highest BCUT2D eigenvalue weighted by molar-refractivity contribution is 5.73. The summed E-state index contributed by atoms with van der Waals surface area (Å²) in [4.78, 5) is 11.2. The van der Waals surface area contributed by atoms with E-state index in [1.807, 2.05) is 18.2 Å². The molecule has 110 valence electrons. The van der Waals surface area contributed by atoms with Gasteiger partial charge in [-0.3, -0.25) is 4.79 Å². The van der Waals surface area contributed by atoms with Crippen molar-refractivity contribution >= 4 is 5.97 Å². The summed E-state index contributed by atoms with van der Waals surface area (Å²) in [6.45, 7) is 3.65. The Bertz CT molecular complexity index is 651. The second-order valence-corrected chi connectivity index (χ2v) is 6.24. The molecule has 1 fully saturated rings. The maximum Gasteiger partial charge on any atom is 0.310 e. The van der Waals surface area contributed by atoms with E-state index < -0.39 is 11.4 Å². The molecule has 6 heteroatoms. The molecule has 0 bridgehead atoms. The van der Waals surface area contributed by atoms with Gasteiger partial charge in [0.25, 0.3) is 0 Å². The number of aliphatic carboxylic acids is 1. The van der Waals surface area contributed by atoms with Crippen molar-refractivity contribution in [2.45, 2.75) is 38.6 Å². The normalized spacial score (nSPS) is 21.2. The molecule has 2 unspecified atom stereocenters. The summed E-state index contributed by atoms with van der Waals surface area (Å²) in [5, 5.41) is 21.0. The zero-order valence-corrected chi connectivity index (χ0v) is 12.1. The van der Waals surface area contributed by atoms with Crippen molar-refractivity contribution in [1.29, 1.82) is 0 Å². The van der Waals surface area contributed by atoms with Crippen LogP contribution in [0, 0.1) is 5.41 Å². The van der Waals surface area contributed by atoms with E-state index in [9.17, 15) is 9.90 Å². The predicted molar refractivity (Wildman–Crippen MR) is 75.8 cm³/mol. The molecule has 1 N–H and O–H groups in total. The summed E-state index contributed by atoms with van der Waals surface area (Å²) < 4.78 is 1.64. The minimum atomic E-state index is -0.888. The molecule has 1 aromatic carbocycles. The molecule has 1 aromatic heterocycles. The third-order valence-corrected chi connectivity index (χ3v) is 4.03. The Labute approximate surface area is 122 Å². The molecule has 0 aliphatic heterocycles. The number of benzene rings is 1. The molecule has 1 heterocycles. The average Bonchev–Trinajstić information content (AvgIpc) is 3.12. The fourth-order valence-corrected chi connectivity index (χ4v) is 2.58. The Hall–Kier alpha value is -2.24. The van der Waals surface area contributed by atoms with Crippen molar-refractivity contribution < 1.29 is 9.90 Å². The molecule has 0 amide bonds. The number of hydrogen-bond acceptors (Lipinski definition) is 4. The first-order valence-corrected chi connectivity index (χ1v) is 7.03. The van der Waals surface area contributed by atoms with E-state index in [0.717, 1.165) is 12.2 Å². The lowest BCUT2D eigenvalue weighted by molar-refractivity contribution is -0.147. The Balaban J connectivity index is 1.77. The van der Waals surface area contributed by atoms with Gasteiger partial charge in [0.2, 0.25) is 0 Å². The molecule has 0 radical (unpaired) electrons. The summed E-state index contributed by atoms with van der Waals surface area (Å²) in [5.74, 6) is 0.661. The minimum Gasteiger partial charge on any atom is -0.481 e. The molecule has 0 saturated heterocycles. The van der Waals surface area contributed by atoms with Crippen LogP contribution in [0.15, 0.2) is 30.3 Å². The van der Waals surface area contributed by atoms with Gasteiger partial charge in [-0.2, -0.15) is 0 Å². The third-order valence-electron chi connectivity index (χ3n) is 4.03. The maximum atomic E-state index is 11.2. The lowest BCUT2D eigenvalue weighted by atomic mass is 9.94. The lowest BCUT2D eigenvalue weighted by Crippen LogP contribution is -2.30. The molecule has 1 saturated carbocycles. The molecule has 21 heavy (non-hydrogen) atoms. The number of nitrogens with zero attached hydrogens (tertiary/aromatic N) is 4. The van der Waals surface area contributed by atoms with Crippen molar-refractivity contribution in [1.82, 2.24) is 20.2 Å². The molecule has 2 aromatic rings. The van der Waals surface area contributed by atoms with Crippen LogP contribution in [0.4, 0.5) is 0 Å². The van der Waals surface area contributed by atoms with Gasteiger partial charge in [-0.1, -0.05) is 30.3 Å². The van der Waals surface area contributed by atoms with E-state index in [1.54, 1.807) is 18.5 Å². The van der Waals surface area contributed by atoms with E-state index in [-0.39, 0.29) is 12.5 Å². The van der Waals surface area contributed by atoms with Crippen molar-refractivity contribution in [3.8, 4) is 0 Å². The number of carboxylic acids is 1. The van der Waals surface area contributed by atoms with E-state index >= 15 is 0 Å². The highest BCUT2D eigenvalue weighted by atomic mass is 16.4. The fourth-order valence-electron chi connectivity index (χ4n) is 2.58. The second-order valence-electron chi connectivity index (χ2n) is 6.24. The Kier molecular flexibility index (Phi) is 3.23. The second kappa shape index (κ2) is 4.95. The Morgan fingerprint density at radius 3 is 2.71 bits per heavy atom. The largest absolute Gasteiger partial charge is 0.481 e. The molecule has 2 atom stereocenters. The zero-order valence-electron chi connectivity index (χ0n) is 12.1. The van der Waals surface area contributed by atoms with Crippen LogP contribution in [0.3, 0.4) is 0 Å². The molecule has 1 aliphatic rings. The number of carboxylic acid groups (broad SMARTS) is 1. The van der Waals surface area contributed by atoms with Crippen LogP contribution in [0.25, 0.3) is 0 Å². The Morgan fingerprint density at radius 2 is 2.05 bits per heavy atom. The van der Waals surface area contributed by atoms with Crippen LogP contribution in [0.2, 0.25) is 0 Å². The number of rotatable bonds is 5. The van der Waals surface area contributed by atoms with Gasteiger partial charge >= 0.3 is 5.97 Å². The summed E-state index contributed by atoms with van der Waals surface area (Å²) in [6, 6.07) is 10.3. The van der Waals surface area contributed by atoms with Crippen LogP contribution >= 0.6 is 0 Å². The number of carbonyl (C=O) groups is 1. The van der Waals surface area contributed by atoms with Crippen LogP contribution < -0.4 is 0 Å². The van der Waals surface area contributed by atoms with Gasteiger partial charge in [0.15, 0.2) is 5.82 Å². The van der Waals surface area contributed by atoms with Crippen molar-refractivity contribution in [2.75, 3.05) is 0 Å². The van der Waals surface area contributed by atoms with Crippen molar-refractivity contribution in [3.05, 3.63) is 41.7 Å². The van der Waals surface area contributed by atoms with Gasteiger partial charge in [0.1, 0.15) is 0 Å². The quantitative estimate of drug-likeness (QED) is 0.909. The molecular weight excluding hydrogens is 268 g/mol. The molecular formula is C15H18N4O2. The van der Waals surface area contributed by atoms with Gasteiger partial charge in [-0.25, -0.2) is 4.68 Å². The van der Waals surface area contributed by atoms with Gasteiger partial charge in [-0.15, -0.1) is 5.10 Å². The summed E-state index contributed by atoms with van der Waals surface area (Å²) in [5.41, 5.74) is 0.399. The molecule has 0 spiro atoms. The van der Waals surface area contributed by atoms with E-state index in [2.05, 4.69) is 27.7 Å². The van der Waals surface area contributed by atoms with Crippen LogP contribution in [0.5, 0.6) is 0 Å². The summed E-state index contributed by atoms with van der Waals surface area (Å²) >= 11 is 0. The standard InChI is InChI=1S/C15H18N4O2/c1-15(2,14(20)21)9-19-13(16-17-18-19)12-8-11(12)10-6-4-3-5-7-10/h3-7,11-12H,8-9H2,1-2H3,(H,20,21). The third kappa shape index (κ3) is 2.66. The highest BCUT2D eigenvalue weighted by Crippen LogP contribution is 2.53. The van der Waals surface area contributed by atoms with Crippen molar-refractivity contribution in [3.63, 3.8) is 0 Å². The number of aromatic nitrogens is 4. The average molecular weight is 286 g/mol. The van der Waals surface area contributed by atoms with Gasteiger partial charge < -0.3 is 5.11 Å². The number of tetrazole rings is 1. The fraction of sp³-hybridized carbons (Fsp3) is 0.467. The highest BCUT2D eigenvalue weighted by Gasteiger charge is 2.44. The van der Waals surface area contributed by atoms with E-state index in [1.165, 1.54) is 5.56 Å². The van der Waals surface area contributed by atoms with Crippen LogP contribution in [0.1, 0.15) is 43.5 Å². The monoisotopic (exact) mass is 286 g/mol. The van der Waals surface area contributed by atoms with Crippen LogP contribution in [-0.2, 0) is 11.3 Å².